The van der Waals surface area contributed by atoms with Gasteiger partial charge in [-0.1, -0.05) is 0 Å². The zero-order valence-electron chi connectivity index (χ0n) is 11.6. The highest BCUT2D eigenvalue weighted by atomic mass is 19.4. The van der Waals surface area contributed by atoms with E-state index in [4.69, 9.17) is 4.42 Å². The number of hydrogen-bond acceptors (Lipinski definition) is 3. The van der Waals surface area contributed by atoms with Crippen molar-refractivity contribution in [3.63, 3.8) is 0 Å². The zero-order chi connectivity index (χ0) is 15.0. The number of furan rings is 1. The van der Waals surface area contributed by atoms with Gasteiger partial charge in [-0.25, -0.2) is 0 Å². The van der Waals surface area contributed by atoms with E-state index in [2.05, 4.69) is 10.4 Å². The number of aryl methyl sites for hydroxylation is 1. The van der Waals surface area contributed by atoms with Gasteiger partial charge < -0.3 is 9.73 Å². The molecule has 114 valence electrons. The first-order valence-corrected chi connectivity index (χ1v) is 6.84. The van der Waals surface area contributed by atoms with E-state index in [0.29, 0.717) is 18.3 Å². The van der Waals surface area contributed by atoms with E-state index in [-0.39, 0.29) is 6.54 Å². The second kappa shape index (κ2) is 5.22. The van der Waals surface area contributed by atoms with E-state index < -0.39 is 11.9 Å². The molecule has 1 aliphatic carbocycles. The smallest absolute Gasteiger partial charge is 0.435 e. The third kappa shape index (κ3) is 3.47. The fourth-order valence-electron chi connectivity index (χ4n) is 2.13. The Morgan fingerprint density at radius 2 is 2.19 bits per heavy atom. The fourth-order valence-corrected chi connectivity index (χ4v) is 2.13. The van der Waals surface area contributed by atoms with Crippen molar-refractivity contribution in [1.29, 1.82) is 0 Å². The molecule has 0 atom stereocenters. The van der Waals surface area contributed by atoms with Crippen molar-refractivity contribution in [2.45, 2.75) is 45.1 Å². The minimum atomic E-state index is -4.41. The predicted octanol–water partition coefficient (Wildman–Crippen LogP) is 3.10. The molecule has 0 saturated heterocycles. The maximum atomic E-state index is 12.5. The number of nitrogens with zero attached hydrogens (tertiary/aromatic N) is 2. The summed E-state index contributed by atoms with van der Waals surface area (Å²) in [6.07, 6.45) is -0.716. The van der Waals surface area contributed by atoms with E-state index in [9.17, 15) is 13.2 Å². The topological polar surface area (TPSA) is 43.0 Å². The van der Waals surface area contributed by atoms with Crippen LogP contribution in [0, 0.1) is 6.92 Å². The van der Waals surface area contributed by atoms with Crippen LogP contribution in [0.15, 0.2) is 22.7 Å². The molecule has 7 heteroatoms. The molecule has 0 aliphatic heterocycles. The van der Waals surface area contributed by atoms with E-state index in [0.717, 1.165) is 17.4 Å². The van der Waals surface area contributed by atoms with Crippen LogP contribution < -0.4 is 5.32 Å². The lowest BCUT2D eigenvalue weighted by atomic mass is 10.2. The molecule has 2 heterocycles. The molecule has 4 nitrogen and oxygen atoms in total. The van der Waals surface area contributed by atoms with Gasteiger partial charge in [-0.2, -0.15) is 18.3 Å². The second-order valence-corrected chi connectivity index (χ2v) is 5.37. The first-order valence-electron chi connectivity index (χ1n) is 6.84. The maximum Gasteiger partial charge on any atom is 0.435 e. The molecular formula is C14H16F3N3O. The Balaban J connectivity index is 1.66. The van der Waals surface area contributed by atoms with Crippen molar-refractivity contribution in [3.8, 4) is 0 Å². The summed E-state index contributed by atoms with van der Waals surface area (Å²) in [5.41, 5.74) is 0.114. The Morgan fingerprint density at radius 1 is 1.43 bits per heavy atom. The summed E-state index contributed by atoms with van der Waals surface area (Å²) in [5, 5.41) is 6.87. The molecular weight excluding hydrogens is 283 g/mol. The zero-order valence-corrected chi connectivity index (χ0v) is 11.6. The van der Waals surface area contributed by atoms with Crippen LogP contribution in [0.1, 0.15) is 35.6 Å². The Bertz CT molecular complexity index is 626. The fraction of sp³-hybridized carbons (Fsp3) is 0.500. The van der Waals surface area contributed by atoms with Gasteiger partial charge in [0.1, 0.15) is 11.5 Å². The lowest BCUT2D eigenvalue weighted by molar-refractivity contribution is -0.141. The average molecular weight is 299 g/mol. The second-order valence-electron chi connectivity index (χ2n) is 5.37. The molecule has 0 bridgehead atoms. The quantitative estimate of drug-likeness (QED) is 0.922. The lowest BCUT2D eigenvalue weighted by Gasteiger charge is -2.02. The predicted molar refractivity (Wildman–Crippen MR) is 69.6 cm³/mol. The van der Waals surface area contributed by atoms with Crippen molar-refractivity contribution in [2.24, 2.45) is 0 Å². The number of alkyl halides is 3. The molecule has 2 aromatic rings. The molecule has 0 aromatic carbocycles. The van der Waals surface area contributed by atoms with Crippen molar-refractivity contribution < 1.29 is 17.6 Å². The number of rotatable bonds is 5. The summed E-state index contributed by atoms with van der Waals surface area (Å²) in [6, 6.07) is 3.39. The minimum Gasteiger partial charge on any atom is -0.462 e. The molecule has 1 fully saturated rings. The van der Waals surface area contributed by atoms with Crippen LogP contribution in [-0.2, 0) is 19.3 Å². The van der Waals surface area contributed by atoms with E-state index in [1.807, 2.05) is 13.0 Å². The van der Waals surface area contributed by atoms with Crippen LogP contribution in [0.4, 0.5) is 13.2 Å². The van der Waals surface area contributed by atoms with Gasteiger partial charge in [0.2, 0.25) is 0 Å². The van der Waals surface area contributed by atoms with Crippen LogP contribution in [0.25, 0.3) is 0 Å². The standard InChI is InChI=1S/C14H16F3N3O/c1-9-6-11(21-12(9)7-18-10-2-3-10)8-20-5-4-13(19-20)14(15,16)17/h4-6,10,18H,2-3,7-8H2,1H3. The minimum absolute atomic E-state index is 0.195. The van der Waals surface area contributed by atoms with Gasteiger partial charge in [-0.3, -0.25) is 4.68 Å². The Morgan fingerprint density at radius 3 is 2.81 bits per heavy atom. The van der Waals surface area contributed by atoms with Crippen molar-refractivity contribution in [2.75, 3.05) is 0 Å². The molecule has 0 amide bonds. The molecule has 2 aromatic heterocycles. The third-order valence-electron chi connectivity index (χ3n) is 3.45. The summed E-state index contributed by atoms with van der Waals surface area (Å²) < 4.78 is 44.4. The number of aromatic nitrogens is 2. The van der Waals surface area contributed by atoms with Gasteiger partial charge in [-0.05, 0) is 37.5 Å². The number of hydrogen-bond donors (Lipinski definition) is 1. The molecule has 3 rings (SSSR count). The Kier molecular flexibility index (Phi) is 3.52. The summed E-state index contributed by atoms with van der Waals surface area (Å²) >= 11 is 0. The van der Waals surface area contributed by atoms with Gasteiger partial charge in [-0.15, -0.1) is 0 Å². The van der Waals surface area contributed by atoms with Crippen molar-refractivity contribution in [1.82, 2.24) is 15.1 Å². The molecule has 1 aliphatic rings. The largest absolute Gasteiger partial charge is 0.462 e. The third-order valence-corrected chi connectivity index (χ3v) is 3.45. The Hall–Kier alpha value is -1.76. The summed E-state index contributed by atoms with van der Waals surface area (Å²) in [5.74, 6) is 1.44. The summed E-state index contributed by atoms with van der Waals surface area (Å²) in [6.45, 7) is 2.78. The number of halogens is 3. The summed E-state index contributed by atoms with van der Waals surface area (Å²) in [7, 11) is 0. The van der Waals surface area contributed by atoms with Crippen molar-refractivity contribution >= 4 is 0 Å². The van der Waals surface area contributed by atoms with Gasteiger partial charge >= 0.3 is 6.18 Å². The van der Waals surface area contributed by atoms with Gasteiger partial charge in [0.15, 0.2) is 5.69 Å². The Labute approximate surface area is 119 Å². The van der Waals surface area contributed by atoms with E-state index >= 15 is 0 Å². The van der Waals surface area contributed by atoms with Crippen LogP contribution in [0.3, 0.4) is 0 Å². The molecule has 1 saturated carbocycles. The average Bonchev–Trinajstić information content (AvgIpc) is 2.98. The molecule has 1 N–H and O–H groups in total. The summed E-state index contributed by atoms with van der Waals surface area (Å²) in [4.78, 5) is 0. The van der Waals surface area contributed by atoms with E-state index in [1.165, 1.54) is 23.7 Å². The highest BCUT2D eigenvalue weighted by Crippen LogP contribution is 2.27. The monoisotopic (exact) mass is 299 g/mol. The van der Waals surface area contributed by atoms with Crippen LogP contribution >= 0.6 is 0 Å². The SMILES string of the molecule is Cc1cc(Cn2ccc(C(F)(F)F)n2)oc1CNC1CC1. The van der Waals surface area contributed by atoms with Crippen LogP contribution in [0.2, 0.25) is 0 Å². The molecule has 21 heavy (non-hydrogen) atoms. The van der Waals surface area contributed by atoms with Gasteiger partial charge in [0, 0.05) is 12.2 Å². The number of nitrogens with one attached hydrogen (secondary N) is 1. The molecule has 0 spiro atoms. The normalized spacial score (nSPS) is 15.6. The van der Waals surface area contributed by atoms with Crippen LogP contribution in [-0.4, -0.2) is 15.8 Å². The highest BCUT2D eigenvalue weighted by molar-refractivity contribution is 5.20. The first-order chi connectivity index (χ1) is 9.91. The maximum absolute atomic E-state index is 12.5. The highest BCUT2D eigenvalue weighted by Gasteiger charge is 2.33. The van der Waals surface area contributed by atoms with Gasteiger partial charge in [0.05, 0.1) is 13.1 Å². The molecule has 0 unspecified atom stereocenters. The van der Waals surface area contributed by atoms with Crippen LogP contribution in [0.5, 0.6) is 0 Å². The molecule has 0 radical (unpaired) electrons. The van der Waals surface area contributed by atoms with E-state index in [1.54, 1.807) is 0 Å². The van der Waals surface area contributed by atoms with Crippen molar-refractivity contribution in [3.05, 3.63) is 41.1 Å². The first kappa shape index (κ1) is 14.2. The lowest BCUT2D eigenvalue weighted by Crippen LogP contribution is -2.15. The van der Waals surface area contributed by atoms with Gasteiger partial charge in [0.25, 0.3) is 0 Å².